The maximum atomic E-state index is 3.14. The summed E-state index contributed by atoms with van der Waals surface area (Å²) in [6.45, 7) is 4.04. The molecule has 0 aliphatic heterocycles. The number of H-pyrrole nitrogens is 1. The van der Waals surface area contributed by atoms with Crippen molar-refractivity contribution < 1.29 is 0 Å². The summed E-state index contributed by atoms with van der Waals surface area (Å²) in [6, 6.07) is 2.06. The maximum Gasteiger partial charge on any atom is 0.0410 e. The molecule has 1 rings (SSSR count). The Morgan fingerprint density at radius 1 is 1.36 bits per heavy atom. The van der Waals surface area contributed by atoms with Crippen LogP contribution in [0, 0.1) is 0 Å². The molecule has 0 spiro atoms. The highest BCUT2D eigenvalue weighted by molar-refractivity contribution is 5.37. The van der Waals surface area contributed by atoms with Crippen LogP contribution in [0.2, 0.25) is 0 Å². The van der Waals surface area contributed by atoms with Gasteiger partial charge in [0.15, 0.2) is 0 Å². The molecule has 0 radical (unpaired) electrons. The Hall–Kier alpha value is -1.24. The van der Waals surface area contributed by atoms with E-state index in [1.54, 1.807) is 0 Å². The van der Waals surface area contributed by atoms with Crippen LogP contribution in [0.25, 0.3) is 12.2 Å². The van der Waals surface area contributed by atoms with Gasteiger partial charge in [0.25, 0.3) is 0 Å². The van der Waals surface area contributed by atoms with Gasteiger partial charge >= 0.3 is 0 Å². The molecule has 1 aromatic heterocycles. The second kappa shape index (κ2) is 3.81. The van der Waals surface area contributed by atoms with Crippen LogP contribution in [0.1, 0.15) is 13.8 Å². The number of hydrogen-bond donors (Lipinski definition) is 1. The molecule has 0 amide bonds. The molecular formula is C10H13N. The Kier molecular flexibility index (Phi) is 2.73. The SMILES string of the molecule is C\C=C/C=c1/cc[nH]/c1=C/C. The first kappa shape index (κ1) is 7.86. The Morgan fingerprint density at radius 2 is 2.18 bits per heavy atom. The lowest BCUT2D eigenvalue weighted by Gasteiger charge is -1.75. The van der Waals surface area contributed by atoms with Gasteiger partial charge in [0.1, 0.15) is 0 Å². The van der Waals surface area contributed by atoms with Gasteiger partial charge in [-0.05, 0) is 25.1 Å². The minimum atomic E-state index is 1.18. The third-order valence-electron chi connectivity index (χ3n) is 1.57. The van der Waals surface area contributed by atoms with Crippen LogP contribution in [-0.2, 0) is 0 Å². The van der Waals surface area contributed by atoms with Gasteiger partial charge in [-0.3, -0.25) is 0 Å². The fraction of sp³-hybridized carbons (Fsp3) is 0.200. The molecule has 0 aliphatic rings. The van der Waals surface area contributed by atoms with Gasteiger partial charge in [-0.2, -0.15) is 0 Å². The van der Waals surface area contributed by atoms with Gasteiger partial charge in [-0.1, -0.05) is 24.3 Å². The number of aromatic amines is 1. The summed E-state index contributed by atoms with van der Waals surface area (Å²) in [5, 5.41) is 2.42. The third-order valence-corrected chi connectivity index (χ3v) is 1.57. The molecule has 0 saturated heterocycles. The molecule has 0 unspecified atom stereocenters. The van der Waals surface area contributed by atoms with E-state index in [4.69, 9.17) is 0 Å². The molecule has 11 heavy (non-hydrogen) atoms. The van der Waals surface area contributed by atoms with Gasteiger partial charge in [-0.25, -0.2) is 0 Å². The molecule has 0 saturated carbocycles. The van der Waals surface area contributed by atoms with Crippen molar-refractivity contribution in [3.63, 3.8) is 0 Å². The largest absolute Gasteiger partial charge is 0.361 e. The fourth-order valence-corrected chi connectivity index (χ4v) is 0.990. The van der Waals surface area contributed by atoms with Gasteiger partial charge in [0.05, 0.1) is 0 Å². The average molecular weight is 147 g/mol. The van der Waals surface area contributed by atoms with Crippen molar-refractivity contribution in [2.75, 3.05) is 0 Å². The summed E-state index contributed by atoms with van der Waals surface area (Å²) in [4.78, 5) is 3.14. The zero-order valence-corrected chi connectivity index (χ0v) is 6.96. The Labute approximate surface area is 66.8 Å². The molecule has 0 aliphatic carbocycles. The normalized spacial score (nSPS) is 15.1. The number of nitrogens with one attached hydrogen (secondary N) is 1. The smallest absolute Gasteiger partial charge is 0.0410 e. The molecule has 58 valence electrons. The first-order valence-electron chi connectivity index (χ1n) is 3.81. The summed E-state index contributed by atoms with van der Waals surface area (Å²) in [5.74, 6) is 0. The molecule has 1 heteroatoms. The Balaban J connectivity index is 3.23. The molecule has 1 N–H and O–H groups in total. The summed E-state index contributed by atoms with van der Waals surface area (Å²) in [6.07, 6.45) is 10.2. The third kappa shape index (κ3) is 1.84. The topological polar surface area (TPSA) is 15.8 Å². The van der Waals surface area contributed by atoms with E-state index >= 15 is 0 Å². The Morgan fingerprint density at radius 3 is 2.82 bits per heavy atom. The molecule has 1 heterocycles. The van der Waals surface area contributed by atoms with Crippen molar-refractivity contribution in [3.8, 4) is 0 Å². The van der Waals surface area contributed by atoms with Crippen molar-refractivity contribution in [2.24, 2.45) is 0 Å². The summed E-state index contributed by atoms with van der Waals surface area (Å²) in [7, 11) is 0. The van der Waals surface area contributed by atoms with Crippen LogP contribution in [0.15, 0.2) is 24.4 Å². The van der Waals surface area contributed by atoms with Crippen molar-refractivity contribution in [3.05, 3.63) is 35.0 Å². The zero-order valence-electron chi connectivity index (χ0n) is 6.96. The zero-order chi connectivity index (χ0) is 8.10. The van der Waals surface area contributed by atoms with Crippen LogP contribution in [0.4, 0.5) is 0 Å². The van der Waals surface area contributed by atoms with Crippen LogP contribution >= 0.6 is 0 Å². The van der Waals surface area contributed by atoms with E-state index in [2.05, 4.69) is 23.2 Å². The molecule has 1 nitrogen and oxygen atoms in total. The number of aromatic nitrogens is 1. The van der Waals surface area contributed by atoms with Gasteiger partial charge in [0, 0.05) is 11.5 Å². The van der Waals surface area contributed by atoms with E-state index in [0.29, 0.717) is 0 Å². The number of hydrogen-bond acceptors (Lipinski definition) is 0. The maximum absolute atomic E-state index is 3.14. The number of allylic oxidation sites excluding steroid dienone is 2. The van der Waals surface area contributed by atoms with E-state index in [9.17, 15) is 0 Å². The van der Waals surface area contributed by atoms with Gasteiger partial charge in [-0.15, -0.1) is 0 Å². The summed E-state index contributed by atoms with van der Waals surface area (Å²) in [5.41, 5.74) is 0. The lowest BCUT2D eigenvalue weighted by atomic mass is 10.3. The van der Waals surface area contributed by atoms with E-state index in [1.165, 1.54) is 10.6 Å². The van der Waals surface area contributed by atoms with Crippen LogP contribution < -0.4 is 10.6 Å². The molecule has 0 fully saturated rings. The predicted octanol–water partition coefficient (Wildman–Crippen LogP) is 1.17. The first-order chi connectivity index (χ1) is 5.38. The van der Waals surface area contributed by atoms with Crippen LogP contribution in [0.5, 0.6) is 0 Å². The van der Waals surface area contributed by atoms with Gasteiger partial charge < -0.3 is 4.98 Å². The van der Waals surface area contributed by atoms with E-state index in [-0.39, 0.29) is 0 Å². The standard InChI is InChI=1S/C10H13N/c1-3-5-6-9-7-8-11-10(9)4-2/h3-8,11H,1-2H3/b5-3-,9-6-,10-4+. The van der Waals surface area contributed by atoms with Crippen molar-refractivity contribution in [1.82, 2.24) is 4.98 Å². The minimum Gasteiger partial charge on any atom is -0.361 e. The predicted molar refractivity (Wildman–Crippen MR) is 49.5 cm³/mol. The fourth-order valence-electron chi connectivity index (χ4n) is 0.990. The van der Waals surface area contributed by atoms with Crippen molar-refractivity contribution >= 4 is 12.2 Å². The average Bonchev–Trinajstić information content (AvgIpc) is 2.47. The highest BCUT2D eigenvalue weighted by Gasteiger charge is 1.79. The quantitative estimate of drug-likeness (QED) is 0.613. The Bertz CT molecular complexity index is 341. The van der Waals surface area contributed by atoms with Crippen molar-refractivity contribution in [1.29, 1.82) is 0 Å². The second-order valence-corrected chi connectivity index (χ2v) is 2.33. The lowest BCUT2D eigenvalue weighted by molar-refractivity contribution is 1.31. The van der Waals surface area contributed by atoms with Crippen LogP contribution in [0.3, 0.4) is 0 Å². The molecular weight excluding hydrogens is 134 g/mol. The molecule has 1 aromatic rings. The highest BCUT2D eigenvalue weighted by Crippen LogP contribution is 1.71. The molecule has 0 atom stereocenters. The van der Waals surface area contributed by atoms with E-state index in [1.807, 2.05) is 32.2 Å². The monoisotopic (exact) mass is 147 g/mol. The molecule has 0 aromatic carbocycles. The van der Waals surface area contributed by atoms with Gasteiger partial charge in [0.2, 0.25) is 0 Å². The van der Waals surface area contributed by atoms with E-state index in [0.717, 1.165) is 0 Å². The minimum absolute atomic E-state index is 1.18. The first-order valence-corrected chi connectivity index (χ1v) is 3.81. The van der Waals surface area contributed by atoms with Crippen molar-refractivity contribution in [2.45, 2.75) is 13.8 Å². The lowest BCUT2D eigenvalue weighted by Crippen LogP contribution is -2.20. The summed E-state index contributed by atoms with van der Waals surface area (Å²) < 4.78 is 0. The number of rotatable bonds is 1. The summed E-state index contributed by atoms with van der Waals surface area (Å²) >= 11 is 0. The van der Waals surface area contributed by atoms with Crippen LogP contribution in [-0.4, -0.2) is 4.98 Å². The molecule has 0 bridgehead atoms. The second-order valence-electron chi connectivity index (χ2n) is 2.33. The van der Waals surface area contributed by atoms with E-state index < -0.39 is 0 Å². The highest BCUT2D eigenvalue weighted by atomic mass is 14.6.